The van der Waals surface area contributed by atoms with Crippen LogP contribution in [0.3, 0.4) is 0 Å². The van der Waals surface area contributed by atoms with Crippen LogP contribution in [0.4, 0.5) is 5.82 Å². The predicted molar refractivity (Wildman–Crippen MR) is 109 cm³/mol. The lowest BCUT2D eigenvalue weighted by Gasteiger charge is -2.23. The van der Waals surface area contributed by atoms with Crippen molar-refractivity contribution in [2.24, 2.45) is 5.73 Å². The first kappa shape index (κ1) is 18.4. The van der Waals surface area contributed by atoms with Gasteiger partial charge in [0.05, 0.1) is 17.6 Å². The second kappa shape index (κ2) is 8.32. The first-order valence-electron chi connectivity index (χ1n) is 9.47. The Bertz CT molecular complexity index is 862. The van der Waals surface area contributed by atoms with E-state index in [0.717, 1.165) is 28.4 Å². The molecule has 0 aliphatic heterocycles. The van der Waals surface area contributed by atoms with Crippen LogP contribution in [0.2, 0.25) is 0 Å². The summed E-state index contributed by atoms with van der Waals surface area (Å²) in [5, 5.41) is 4.83. The monoisotopic (exact) mass is 351 g/mol. The van der Waals surface area contributed by atoms with Gasteiger partial charge in [0.15, 0.2) is 0 Å². The summed E-state index contributed by atoms with van der Waals surface area (Å²) < 4.78 is 0. The van der Waals surface area contributed by atoms with E-state index in [1.807, 2.05) is 13.1 Å². The molecule has 4 rings (SSSR count). The summed E-state index contributed by atoms with van der Waals surface area (Å²) in [4.78, 5) is 12.9. The van der Waals surface area contributed by atoms with Crippen molar-refractivity contribution in [3.8, 4) is 11.4 Å². The van der Waals surface area contributed by atoms with Crippen molar-refractivity contribution in [1.82, 2.24) is 15.0 Å². The Balaban J connectivity index is 0.000000948. The lowest BCUT2D eigenvalue weighted by atomic mass is 9.95. The highest BCUT2D eigenvalue weighted by molar-refractivity contribution is 5.88. The van der Waals surface area contributed by atoms with Gasteiger partial charge in [0.2, 0.25) is 0 Å². The maximum absolute atomic E-state index is 4.86. The zero-order valence-corrected chi connectivity index (χ0v) is 16.0. The lowest BCUT2D eigenvalue weighted by molar-refractivity contribution is 0.462. The van der Waals surface area contributed by atoms with Crippen LogP contribution in [-0.4, -0.2) is 28.0 Å². The summed E-state index contributed by atoms with van der Waals surface area (Å²) in [6.07, 6.45) is 8.31. The molecule has 138 valence electrons. The number of rotatable bonds is 3. The van der Waals surface area contributed by atoms with Crippen molar-refractivity contribution in [1.29, 1.82) is 0 Å². The fourth-order valence-corrected chi connectivity index (χ4v) is 3.66. The molecule has 0 radical (unpaired) electrons. The summed E-state index contributed by atoms with van der Waals surface area (Å²) in [5.41, 5.74) is 9.85. The molecule has 1 aliphatic rings. The number of H-pyrrole nitrogens is 1. The van der Waals surface area contributed by atoms with Gasteiger partial charge >= 0.3 is 0 Å². The van der Waals surface area contributed by atoms with Crippen LogP contribution in [0, 0.1) is 13.8 Å². The third-order valence-corrected chi connectivity index (χ3v) is 5.05. The van der Waals surface area contributed by atoms with E-state index < -0.39 is 0 Å². The third kappa shape index (κ3) is 3.88. The molecular weight excluding hydrogens is 322 g/mol. The number of benzene rings is 1. The van der Waals surface area contributed by atoms with E-state index in [-0.39, 0.29) is 0 Å². The maximum atomic E-state index is 4.86. The van der Waals surface area contributed by atoms with Gasteiger partial charge in [0.25, 0.3) is 0 Å². The number of hydrogen-bond donors (Lipinski definition) is 3. The summed E-state index contributed by atoms with van der Waals surface area (Å²) in [6.45, 7) is 4.16. The highest BCUT2D eigenvalue weighted by Crippen LogP contribution is 2.28. The topological polar surface area (TPSA) is 79.6 Å². The molecular formula is C21H29N5. The molecule has 0 saturated heterocycles. The number of fused-ring (bicyclic) bond motifs is 1. The number of aryl methyl sites for hydroxylation is 2. The van der Waals surface area contributed by atoms with Crippen molar-refractivity contribution in [3.63, 3.8) is 0 Å². The normalized spacial score (nSPS) is 14.8. The molecule has 0 bridgehead atoms. The number of nitrogens with two attached hydrogens (primary N) is 1. The molecule has 0 unspecified atom stereocenters. The molecule has 1 saturated carbocycles. The first-order chi connectivity index (χ1) is 12.7. The van der Waals surface area contributed by atoms with E-state index in [4.69, 9.17) is 4.98 Å². The van der Waals surface area contributed by atoms with E-state index >= 15 is 0 Å². The minimum Gasteiger partial charge on any atom is -0.366 e. The molecule has 1 fully saturated rings. The van der Waals surface area contributed by atoms with E-state index in [1.54, 1.807) is 0 Å². The molecule has 2 aromatic heterocycles. The van der Waals surface area contributed by atoms with Crippen LogP contribution in [0.5, 0.6) is 0 Å². The van der Waals surface area contributed by atoms with Crippen LogP contribution in [0.15, 0.2) is 30.5 Å². The number of hydrogen-bond acceptors (Lipinski definition) is 4. The lowest BCUT2D eigenvalue weighted by Crippen LogP contribution is -2.23. The van der Waals surface area contributed by atoms with Crippen LogP contribution in [0.25, 0.3) is 22.3 Å². The van der Waals surface area contributed by atoms with Crippen molar-refractivity contribution < 1.29 is 0 Å². The Labute approximate surface area is 155 Å². The van der Waals surface area contributed by atoms with Gasteiger partial charge < -0.3 is 16.0 Å². The fourth-order valence-electron chi connectivity index (χ4n) is 3.66. The summed E-state index contributed by atoms with van der Waals surface area (Å²) in [7, 11) is 1.50. The summed E-state index contributed by atoms with van der Waals surface area (Å²) >= 11 is 0. The Hall–Kier alpha value is -2.40. The van der Waals surface area contributed by atoms with E-state index in [0.29, 0.717) is 6.04 Å². The molecule has 1 aromatic carbocycles. The van der Waals surface area contributed by atoms with Crippen LogP contribution >= 0.6 is 0 Å². The van der Waals surface area contributed by atoms with Gasteiger partial charge in [-0.05, 0) is 51.4 Å². The smallest absolute Gasteiger partial charge is 0.145 e. The number of nitrogens with zero attached hydrogens (tertiary/aromatic N) is 2. The minimum atomic E-state index is 0.536. The Morgan fingerprint density at radius 3 is 2.62 bits per heavy atom. The molecule has 5 nitrogen and oxygen atoms in total. The average Bonchev–Trinajstić information content (AvgIpc) is 3.11. The first-order valence-corrected chi connectivity index (χ1v) is 9.47. The molecule has 1 aliphatic carbocycles. The van der Waals surface area contributed by atoms with Crippen molar-refractivity contribution in [2.75, 3.05) is 12.4 Å². The molecule has 26 heavy (non-hydrogen) atoms. The quantitative estimate of drug-likeness (QED) is 0.646. The number of aromatic nitrogens is 3. The highest BCUT2D eigenvalue weighted by Gasteiger charge is 2.15. The predicted octanol–water partition coefficient (Wildman–Crippen LogP) is 4.56. The minimum absolute atomic E-state index is 0.536. The zero-order valence-electron chi connectivity index (χ0n) is 16.0. The van der Waals surface area contributed by atoms with Crippen LogP contribution in [-0.2, 0) is 0 Å². The van der Waals surface area contributed by atoms with E-state index in [9.17, 15) is 0 Å². The van der Waals surface area contributed by atoms with E-state index in [1.165, 1.54) is 50.1 Å². The second-order valence-electron chi connectivity index (χ2n) is 6.89. The van der Waals surface area contributed by atoms with Crippen LogP contribution < -0.4 is 11.1 Å². The standard InChI is InChI=1S/C20H24N4.CH5N/c1-13-7-6-10-17-16(13)11-18(23-17)20-14(2)21-12-19(24-20)22-15-8-4-3-5-9-15;1-2/h6-7,10-12,15,23H,3-5,8-9H2,1-2H3,(H,22,24);2H2,1H3. The van der Waals surface area contributed by atoms with Gasteiger partial charge in [-0.25, -0.2) is 4.98 Å². The van der Waals surface area contributed by atoms with Crippen molar-refractivity contribution in [3.05, 3.63) is 41.7 Å². The summed E-state index contributed by atoms with van der Waals surface area (Å²) in [6, 6.07) is 9.05. The Morgan fingerprint density at radius 1 is 1.12 bits per heavy atom. The molecule has 0 atom stereocenters. The second-order valence-corrected chi connectivity index (χ2v) is 6.89. The SMILES string of the molecule is CN.Cc1ncc(NC2CCCCC2)nc1-c1cc2c(C)cccc2[nH]1. The van der Waals surface area contributed by atoms with Gasteiger partial charge in [-0.3, -0.25) is 4.98 Å². The molecule has 2 heterocycles. The van der Waals surface area contributed by atoms with E-state index in [2.05, 4.69) is 52.2 Å². The van der Waals surface area contributed by atoms with Gasteiger partial charge in [0.1, 0.15) is 11.5 Å². The third-order valence-electron chi connectivity index (χ3n) is 5.05. The van der Waals surface area contributed by atoms with Gasteiger partial charge in [-0.1, -0.05) is 31.4 Å². The number of nitrogens with one attached hydrogen (secondary N) is 2. The maximum Gasteiger partial charge on any atom is 0.145 e. The Morgan fingerprint density at radius 2 is 1.88 bits per heavy atom. The van der Waals surface area contributed by atoms with Crippen molar-refractivity contribution in [2.45, 2.75) is 52.0 Å². The zero-order chi connectivity index (χ0) is 18.5. The van der Waals surface area contributed by atoms with Gasteiger partial charge in [-0.15, -0.1) is 0 Å². The molecule has 4 N–H and O–H groups in total. The largest absolute Gasteiger partial charge is 0.366 e. The molecule has 3 aromatic rings. The Kier molecular flexibility index (Phi) is 5.89. The van der Waals surface area contributed by atoms with Crippen LogP contribution in [0.1, 0.15) is 43.4 Å². The highest BCUT2D eigenvalue weighted by atomic mass is 15.0. The average molecular weight is 351 g/mol. The molecule has 5 heteroatoms. The van der Waals surface area contributed by atoms with Crippen molar-refractivity contribution >= 4 is 16.7 Å². The number of aromatic amines is 1. The van der Waals surface area contributed by atoms with Gasteiger partial charge in [0, 0.05) is 16.9 Å². The molecule has 0 spiro atoms. The van der Waals surface area contributed by atoms with Gasteiger partial charge in [-0.2, -0.15) is 0 Å². The molecule has 0 amide bonds. The number of anilines is 1. The summed E-state index contributed by atoms with van der Waals surface area (Å²) in [5.74, 6) is 0.887. The fraction of sp³-hybridized carbons (Fsp3) is 0.429.